The fourth-order valence-corrected chi connectivity index (χ4v) is 3.09. The molecule has 0 aliphatic heterocycles. The van der Waals surface area contributed by atoms with Gasteiger partial charge < -0.3 is 9.64 Å². The summed E-state index contributed by atoms with van der Waals surface area (Å²) in [6, 6.07) is 6.54. The topological polar surface area (TPSA) is 81.5 Å². The number of rotatable bonds is 5. The Labute approximate surface area is 145 Å². The smallest absolute Gasteiger partial charge is 0.328 e. The van der Waals surface area contributed by atoms with Crippen LogP contribution in [0.25, 0.3) is 10.8 Å². The summed E-state index contributed by atoms with van der Waals surface area (Å²) >= 11 is 0. The number of hydrogen-bond acceptors (Lipinski definition) is 5. The summed E-state index contributed by atoms with van der Waals surface area (Å²) in [7, 11) is 1.30. The lowest BCUT2D eigenvalue weighted by Gasteiger charge is -2.27. The summed E-state index contributed by atoms with van der Waals surface area (Å²) in [6.07, 6.45) is 1.71. The van der Waals surface area contributed by atoms with Crippen molar-refractivity contribution in [1.82, 2.24) is 14.7 Å². The summed E-state index contributed by atoms with van der Waals surface area (Å²) in [6.45, 7) is 3.25. The minimum Gasteiger partial charge on any atom is -0.467 e. The Bertz CT molecular complexity index is 886. The van der Waals surface area contributed by atoms with Crippen molar-refractivity contribution >= 4 is 22.6 Å². The van der Waals surface area contributed by atoms with E-state index in [0.717, 1.165) is 18.2 Å². The molecule has 1 aliphatic carbocycles. The number of aryl methyl sites for hydroxylation is 1. The number of benzene rings is 1. The van der Waals surface area contributed by atoms with Crippen molar-refractivity contribution in [2.75, 3.05) is 7.11 Å². The van der Waals surface area contributed by atoms with Crippen molar-refractivity contribution in [3.8, 4) is 0 Å². The maximum atomic E-state index is 12.8. The van der Waals surface area contributed by atoms with Crippen LogP contribution in [-0.2, 0) is 20.9 Å². The predicted molar refractivity (Wildman–Crippen MR) is 92.1 cm³/mol. The van der Waals surface area contributed by atoms with E-state index in [1.54, 1.807) is 26.0 Å². The number of nitrogens with zero attached hydrogens (tertiary/aromatic N) is 3. The van der Waals surface area contributed by atoms with E-state index in [-0.39, 0.29) is 24.1 Å². The second kappa shape index (κ2) is 6.66. The molecule has 1 amide bonds. The lowest BCUT2D eigenvalue weighted by atomic mass is 10.1. The lowest BCUT2D eigenvalue weighted by Crippen LogP contribution is -2.47. The largest absolute Gasteiger partial charge is 0.467 e. The third kappa shape index (κ3) is 3.26. The molecule has 7 nitrogen and oxygen atoms in total. The molecule has 1 heterocycles. The standard InChI is InChI=1S/C18H21N3O4/c1-11-14-6-4-5-7-15(14)17(23)20(19-11)10-16(22)21(13-8-9-13)12(2)18(24)25-3/h4-7,12-13H,8-10H2,1-3H3. The third-order valence-corrected chi connectivity index (χ3v) is 4.53. The van der Waals surface area contributed by atoms with Gasteiger partial charge in [-0.1, -0.05) is 18.2 Å². The van der Waals surface area contributed by atoms with Gasteiger partial charge in [0.25, 0.3) is 5.56 Å². The van der Waals surface area contributed by atoms with Crippen molar-refractivity contribution in [1.29, 1.82) is 0 Å². The second-order valence-electron chi connectivity index (χ2n) is 6.33. The number of amides is 1. The molecule has 0 spiro atoms. The van der Waals surface area contributed by atoms with Crippen LogP contribution in [0, 0.1) is 6.92 Å². The van der Waals surface area contributed by atoms with Crippen molar-refractivity contribution in [3.05, 3.63) is 40.3 Å². The first-order valence-electron chi connectivity index (χ1n) is 8.29. The van der Waals surface area contributed by atoms with Gasteiger partial charge in [0.2, 0.25) is 5.91 Å². The lowest BCUT2D eigenvalue weighted by molar-refractivity contribution is -0.153. The SMILES string of the molecule is COC(=O)C(C)N(C(=O)Cn1nc(C)c2ccccc2c1=O)C1CC1. The van der Waals surface area contributed by atoms with E-state index in [2.05, 4.69) is 5.10 Å². The molecule has 7 heteroatoms. The Morgan fingerprint density at radius 3 is 2.56 bits per heavy atom. The molecule has 1 aromatic carbocycles. The highest BCUT2D eigenvalue weighted by Gasteiger charge is 2.39. The molecule has 1 atom stereocenters. The normalized spacial score (nSPS) is 15.0. The van der Waals surface area contributed by atoms with Crippen LogP contribution in [-0.4, -0.2) is 45.8 Å². The van der Waals surface area contributed by atoms with Crippen molar-refractivity contribution in [2.45, 2.75) is 45.3 Å². The number of fused-ring (bicyclic) bond motifs is 1. The molecule has 0 N–H and O–H groups in total. The molecular weight excluding hydrogens is 322 g/mol. The van der Waals surface area contributed by atoms with E-state index in [1.165, 1.54) is 16.7 Å². The van der Waals surface area contributed by atoms with Gasteiger partial charge in [-0.25, -0.2) is 9.48 Å². The van der Waals surface area contributed by atoms with E-state index in [4.69, 9.17) is 4.74 Å². The minimum absolute atomic E-state index is 0.0267. The summed E-state index contributed by atoms with van der Waals surface area (Å²) in [5, 5.41) is 5.57. The van der Waals surface area contributed by atoms with Gasteiger partial charge in [-0.3, -0.25) is 9.59 Å². The summed E-state index contributed by atoms with van der Waals surface area (Å²) in [5.41, 5.74) is 0.373. The van der Waals surface area contributed by atoms with Crippen molar-refractivity contribution < 1.29 is 14.3 Å². The first-order valence-corrected chi connectivity index (χ1v) is 8.29. The van der Waals surface area contributed by atoms with Crippen molar-refractivity contribution in [3.63, 3.8) is 0 Å². The molecule has 1 unspecified atom stereocenters. The highest BCUT2D eigenvalue weighted by molar-refractivity contribution is 5.86. The fraction of sp³-hybridized carbons (Fsp3) is 0.444. The van der Waals surface area contributed by atoms with Gasteiger partial charge in [0.15, 0.2) is 0 Å². The van der Waals surface area contributed by atoms with Gasteiger partial charge in [-0.05, 0) is 32.8 Å². The summed E-state index contributed by atoms with van der Waals surface area (Å²) in [4.78, 5) is 38.8. The zero-order valence-electron chi connectivity index (χ0n) is 14.6. The van der Waals surface area contributed by atoms with Gasteiger partial charge in [0, 0.05) is 11.4 Å². The zero-order valence-corrected chi connectivity index (χ0v) is 14.6. The number of methoxy groups -OCH3 is 1. The van der Waals surface area contributed by atoms with Gasteiger partial charge in [0.1, 0.15) is 12.6 Å². The molecule has 0 saturated heterocycles. The Hall–Kier alpha value is -2.70. The van der Waals surface area contributed by atoms with Gasteiger partial charge >= 0.3 is 5.97 Å². The maximum absolute atomic E-state index is 12.8. The van der Waals surface area contributed by atoms with Crippen LogP contribution < -0.4 is 5.56 Å². The first-order chi connectivity index (χ1) is 11.9. The first kappa shape index (κ1) is 17.1. The molecule has 1 saturated carbocycles. The van der Waals surface area contributed by atoms with Gasteiger partial charge in [-0.15, -0.1) is 0 Å². The predicted octanol–water partition coefficient (Wildman–Crippen LogP) is 1.26. The van der Waals surface area contributed by atoms with Crippen LogP contribution in [0.4, 0.5) is 0 Å². The van der Waals surface area contributed by atoms with E-state index >= 15 is 0 Å². The Balaban J connectivity index is 1.92. The van der Waals surface area contributed by atoms with Crippen molar-refractivity contribution in [2.24, 2.45) is 0 Å². The van der Waals surface area contributed by atoms with E-state index in [9.17, 15) is 14.4 Å². The van der Waals surface area contributed by atoms with Crippen LogP contribution in [0.15, 0.2) is 29.1 Å². The average molecular weight is 343 g/mol. The average Bonchev–Trinajstić information content (AvgIpc) is 3.43. The minimum atomic E-state index is -0.678. The highest BCUT2D eigenvalue weighted by atomic mass is 16.5. The molecule has 2 aromatic rings. The number of carbonyl (C=O) groups is 2. The Kier molecular flexibility index (Phi) is 4.57. The number of ether oxygens (including phenoxy) is 1. The number of aromatic nitrogens is 2. The van der Waals surface area contributed by atoms with Crippen LogP contribution in [0.5, 0.6) is 0 Å². The third-order valence-electron chi connectivity index (χ3n) is 4.53. The summed E-state index contributed by atoms with van der Waals surface area (Å²) in [5.74, 6) is -0.764. The van der Waals surface area contributed by atoms with E-state index in [1.807, 2.05) is 12.1 Å². The molecule has 1 fully saturated rings. The Morgan fingerprint density at radius 2 is 1.96 bits per heavy atom. The molecule has 0 radical (unpaired) electrons. The number of carbonyl (C=O) groups excluding carboxylic acids is 2. The van der Waals surface area contributed by atoms with Gasteiger partial charge in [0.05, 0.1) is 18.2 Å². The van der Waals surface area contributed by atoms with Crippen LogP contribution in [0.1, 0.15) is 25.5 Å². The quantitative estimate of drug-likeness (QED) is 0.764. The molecule has 1 aromatic heterocycles. The van der Waals surface area contributed by atoms with Crippen LogP contribution in [0.2, 0.25) is 0 Å². The summed E-state index contributed by atoms with van der Waals surface area (Å²) < 4.78 is 5.93. The molecule has 132 valence electrons. The molecular formula is C18H21N3O4. The van der Waals surface area contributed by atoms with Crippen LogP contribution in [0.3, 0.4) is 0 Å². The monoisotopic (exact) mass is 343 g/mol. The fourth-order valence-electron chi connectivity index (χ4n) is 3.09. The number of esters is 1. The molecule has 0 bridgehead atoms. The Morgan fingerprint density at radius 1 is 1.32 bits per heavy atom. The number of hydrogen-bond donors (Lipinski definition) is 0. The molecule has 3 rings (SSSR count). The van der Waals surface area contributed by atoms with Crippen LogP contribution >= 0.6 is 0 Å². The highest BCUT2D eigenvalue weighted by Crippen LogP contribution is 2.29. The molecule has 1 aliphatic rings. The van der Waals surface area contributed by atoms with E-state index in [0.29, 0.717) is 11.1 Å². The molecule has 25 heavy (non-hydrogen) atoms. The van der Waals surface area contributed by atoms with E-state index < -0.39 is 12.0 Å². The maximum Gasteiger partial charge on any atom is 0.328 e. The van der Waals surface area contributed by atoms with Gasteiger partial charge in [-0.2, -0.15) is 5.10 Å². The zero-order chi connectivity index (χ0) is 18.1. The second-order valence-corrected chi connectivity index (χ2v) is 6.33.